The number of phenols is 1. The molecule has 37 heavy (non-hydrogen) atoms. The third kappa shape index (κ3) is 6.28. The Kier molecular flexibility index (Phi) is 8.42. The van der Waals surface area contributed by atoms with Crippen molar-refractivity contribution in [2.75, 3.05) is 19.5 Å². The summed E-state index contributed by atoms with van der Waals surface area (Å²) in [5, 5.41) is 22.4. The minimum atomic E-state index is -0.314. The number of rotatable bonds is 10. The predicted octanol–water partition coefficient (Wildman–Crippen LogP) is 4.02. The fraction of sp³-hybridized carbons (Fsp3) is 0.185. The van der Waals surface area contributed by atoms with E-state index in [4.69, 9.17) is 9.47 Å². The molecule has 0 aliphatic heterocycles. The summed E-state index contributed by atoms with van der Waals surface area (Å²) < 4.78 is 12.6. The first-order valence-corrected chi connectivity index (χ1v) is 12.6. The van der Waals surface area contributed by atoms with Gasteiger partial charge in [-0.25, -0.2) is 5.43 Å². The first-order chi connectivity index (χ1) is 18.0. The van der Waals surface area contributed by atoms with Crippen molar-refractivity contribution in [1.82, 2.24) is 15.6 Å². The van der Waals surface area contributed by atoms with Crippen LogP contribution in [0.5, 0.6) is 17.2 Å². The van der Waals surface area contributed by atoms with Crippen molar-refractivity contribution < 1.29 is 23.9 Å². The second kappa shape index (κ2) is 12.1. The van der Waals surface area contributed by atoms with Gasteiger partial charge in [0, 0.05) is 5.56 Å². The van der Waals surface area contributed by atoms with E-state index in [-0.39, 0.29) is 17.4 Å². The minimum Gasteiger partial charge on any atom is -0.504 e. The van der Waals surface area contributed by atoms with Gasteiger partial charge in [0.15, 0.2) is 11.5 Å². The lowest BCUT2D eigenvalue weighted by atomic mass is 10.2. The quantitative estimate of drug-likeness (QED) is 0.127. The molecule has 0 unspecified atom stereocenters. The van der Waals surface area contributed by atoms with Crippen LogP contribution in [0.4, 0.5) is 0 Å². The molecule has 0 spiro atoms. The van der Waals surface area contributed by atoms with E-state index in [1.165, 1.54) is 18.0 Å². The first-order valence-electron chi connectivity index (χ1n) is 11.6. The standard InChI is InChI=1S/C27H27N5O4S/c1-4-36-23-7-5-6-20(25(23)34)16-28-29-24(33)17-37-27-31-30-26(19-10-14-22(35-3)15-11-19)32(27)21-12-8-18(2)9-13-21/h5-16H,4,17H2,1-3H3,(H2,28,29,33,34)/p+1. The van der Waals surface area contributed by atoms with Gasteiger partial charge in [0.05, 0.1) is 36.3 Å². The Hall–Kier alpha value is -4.31. The molecule has 1 aromatic heterocycles. The van der Waals surface area contributed by atoms with E-state index in [9.17, 15) is 9.90 Å². The van der Waals surface area contributed by atoms with E-state index < -0.39 is 0 Å². The number of para-hydroxylation sites is 1. The van der Waals surface area contributed by atoms with Crippen LogP contribution in [-0.2, 0) is 4.79 Å². The fourth-order valence-electron chi connectivity index (χ4n) is 3.52. The van der Waals surface area contributed by atoms with Gasteiger partial charge < -0.3 is 14.6 Å². The number of aromatic amines is 1. The smallest absolute Gasteiger partial charge is 0.342 e. The minimum absolute atomic E-state index is 0.0292. The molecule has 190 valence electrons. The van der Waals surface area contributed by atoms with Crippen molar-refractivity contribution in [2.45, 2.75) is 19.0 Å². The lowest BCUT2D eigenvalue weighted by molar-refractivity contribution is -0.625. The van der Waals surface area contributed by atoms with Gasteiger partial charge in [0.25, 0.3) is 11.7 Å². The van der Waals surface area contributed by atoms with Crippen LogP contribution in [0.15, 0.2) is 77.0 Å². The molecular formula is C27H28N5O4S+. The largest absolute Gasteiger partial charge is 0.504 e. The number of carbonyl (C=O) groups excluding carboxylic acids is 1. The second-order valence-electron chi connectivity index (χ2n) is 7.96. The van der Waals surface area contributed by atoms with Crippen molar-refractivity contribution in [2.24, 2.45) is 5.10 Å². The number of phenolic OH excluding ortho intramolecular Hbond substituents is 1. The third-order valence-electron chi connectivity index (χ3n) is 5.38. The van der Waals surface area contributed by atoms with Crippen molar-refractivity contribution in [3.8, 4) is 34.3 Å². The zero-order valence-corrected chi connectivity index (χ0v) is 21.6. The number of amides is 1. The molecule has 3 N–H and O–H groups in total. The summed E-state index contributed by atoms with van der Waals surface area (Å²) in [6.45, 7) is 4.29. The molecule has 9 nitrogen and oxygen atoms in total. The van der Waals surface area contributed by atoms with E-state index in [1.807, 2.05) is 66.9 Å². The average Bonchev–Trinajstić information content (AvgIpc) is 3.34. The van der Waals surface area contributed by atoms with E-state index in [0.29, 0.717) is 23.1 Å². The maximum Gasteiger partial charge on any atom is 0.342 e. The van der Waals surface area contributed by atoms with Crippen LogP contribution < -0.4 is 19.5 Å². The molecule has 10 heteroatoms. The number of carbonyl (C=O) groups is 1. The Morgan fingerprint density at radius 2 is 1.92 bits per heavy atom. The van der Waals surface area contributed by atoms with Gasteiger partial charge in [-0.15, -0.1) is 5.10 Å². The lowest BCUT2D eigenvalue weighted by Gasteiger charge is -2.07. The summed E-state index contributed by atoms with van der Waals surface area (Å²) in [7, 11) is 1.63. The molecule has 0 fully saturated rings. The number of hydrogen-bond donors (Lipinski definition) is 3. The predicted molar refractivity (Wildman–Crippen MR) is 143 cm³/mol. The van der Waals surface area contributed by atoms with Gasteiger partial charge in [0.1, 0.15) is 11.4 Å². The average molecular weight is 519 g/mol. The maximum absolute atomic E-state index is 12.5. The number of nitrogens with one attached hydrogen (secondary N) is 2. The topological polar surface area (TPSA) is 113 Å². The Labute approximate surface area is 219 Å². The number of thioether (sulfide) groups is 1. The van der Waals surface area contributed by atoms with Crippen LogP contribution in [-0.4, -0.2) is 46.9 Å². The Morgan fingerprint density at radius 1 is 1.16 bits per heavy atom. The number of methoxy groups -OCH3 is 1. The Morgan fingerprint density at radius 3 is 2.62 bits per heavy atom. The van der Waals surface area contributed by atoms with Crippen LogP contribution in [0.2, 0.25) is 0 Å². The molecule has 0 saturated carbocycles. The van der Waals surface area contributed by atoms with Crippen LogP contribution in [0.3, 0.4) is 0 Å². The van der Waals surface area contributed by atoms with Gasteiger partial charge in [-0.05, 0) is 74.1 Å². The SMILES string of the molecule is CCOc1cccc(C=NNC(=O)CSc2n[nH]c(-c3ccc(OC)cc3)[n+]2-c2ccc(C)cc2)c1O. The summed E-state index contributed by atoms with van der Waals surface area (Å²) in [6, 6.07) is 20.8. The van der Waals surface area contributed by atoms with Crippen LogP contribution in [0.25, 0.3) is 17.1 Å². The summed E-state index contributed by atoms with van der Waals surface area (Å²) in [5.74, 6) is 1.64. The number of hydrazone groups is 1. The van der Waals surface area contributed by atoms with E-state index >= 15 is 0 Å². The summed E-state index contributed by atoms with van der Waals surface area (Å²) in [6.07, 6.45) is 1.38. The molecule has 3 aromatic carbocycles. The number of benzene rings is 3. The summed E-state index contributed by atoms with van der Waals surface area (Å²) >= 11 is 1.28. The van der Waals surface area contributed by atoms with Crippen molar-refractivity contribution >= 4 is 23.9 Å². The molecule has 0 aliphatic rings. The monoisotopic (exact) mass is 518 g/mol. The molecule has 4 aromatic rings. The van der Waals surface area contributed by atoms with Crippen LogP contribution in [0.1, 0.15) is 18.1 Å². The van der Waals surface area contributed by atoms with Crippen LogP contribution in [0, 0.1) is 6.92 Å². The lowest BCUT2D eigenvalue weighted by Crippen LogP contribution is -2.34. The van der Waals surface area contributed by atoms with E-state index in [2.05, 4.69) is 20.7 Å². The second-order valence-corrected chi connectivity index (χ2v) is 8.91. The van der Waals surface area contributed by atoms with Crippen molar-refractivity contribution in [3.05, 3.63) is 77.9 Å². The number of ether oxygens (including phenoxy) is 2. The molecule has 1 heterocycles. The summed E-state index contributed by atoms with van der Waals surface area (Å²) in [5.41, 5.74) is 5.91. The highest BCUT2D eigenvalue weighted by Gasteiger charge is 2.24. The van der Waals surface area contributed by atoms with Gasteiger partial charge in [-0.1, -0.05) is 23.8 Å². The number of hydrogen-bond acceptors (Lipinski definition) is 7. The third-order valence-corrected chi connectivity index (χ3v) is 6.32. The number of H-pyrrole nitrogens is 1. The molecule has 4 rings (SSSR count). The van der Waals surface area contributed by atoms with Crippen LogP contribution >= 0.6 is 11.8 Å². The van der Waals surface area contributed by atoms with Gasteiger partial charge in [0.2, 0.25) is 0 Å². The van der Waals surface area contributed by atoms with Gasteiger partial charge in [-0.2, -0.15) is 9.67 Å². The zero-order chi connectivity index (χ0) is 26.2. The number of aromatic nitrogens is 3. The maximum atomic E-state index is 12.5. The Balaban J connectivity index is 1.49. The molecule has 0 radical (unpaired) electrons. The molecule has 0 saturated heterocycles. The van der Waals surface area contributed by atoms with Gasteiger partial charge >= 0.3 is 5.16 Å². The van der Waals surface area contributed by atoms with Crippen molar-refractivity contribution in [1.29, 1.82) is 0 Å². The highest BCUT2D eigenvalue weighted by atomic mass is 32.2. The van der Waals surface area contributed by atoms with E-state index in [0.717, 1.165) is 28.4 Å². The Bertz CT molecular complexity index is 1390. The first kappa shape index (κ1) is 25.8. The highest BCUT2D eigenvalue weighted by molar-refractivity contribution is 7.99. The summed E-state index contributed by atoms with van der Waals surface area (Å²) in [4.78, 5) is 12.5. The van der Waals surface area contributed by atoms with E-state index in [1.54, 1.807) is 25.3 Å². The normalized spacial score (nSPS) is 11.0. The number of nitrogens with zero attached hydrogens (tertiary/aromatic N) is 3. The number of aryl methyl sites for hydroxylation is 1. The molecule has 1 amide bonds. The molecule has 0 aliphatic carbocycles. The zero-order valence-electron chi connectivity index (χ0n) is 20.8. The van der Waals surface area contributed by atoms with Gasteiger partial charge in [-0.3, -0.25) is 4.79 Å². The highest BCUT2D eigenvalue weighted by Crippen LogP contribution is 2.28. The molecule has 0 bridgehead atoms. The number of aromatic hydroxyl groups is 1. The van der Waals surface area contributed by atoms with Crippen molar-refractivity contribution in [3.63, 3.8) is 0 Å². The fourth-order valence-corrected chi connectivity index (χ4v) is 4.28. The molecule has 0 atom stereocenters. The molecular weight excluding hydrogens is 490 g/mol.